The van der Waals surface area contributed by atoms with Crippen LogP contribution in [0.2, 0.25) is 5.02 Å². The van der Waals surface area contributed by atoms with Gasteiger partial charge in [-0.15, -0.1) is 0 Å². The molecular formula is C17H14ClF3N2O. The number of imidazole rings is 1. The van der Waals surface area contributed by atoms with Crippen molar-refractivity contribution in [3.63, 3.8) is 0 Å². The summed E-state index contributed by atoms with van der Waals surface area (Å²) < 4.78 is 46.3. The monoisotopic (exact) mass is 354 g/mol. The number of benzene rings is 2. The molecule has 0 spiro atoms. The fraction of sp³-hybridized carbons (Fsp3) is 0.235. The molecule has 24 heavy (non-hydrogen) atoms. The van der Waals surface area contributed by atoms with E-state index in [1.54, 1.807) is 48.5 Å². The van der Waals surface area contributed by atoms with Gasteiger partial charge in [0, 0.05) is 6.54 Å². The lowest BCUT2D eigenvalue weighted by molar-refractivity contribution is -0.147. The number of alkyl halides is 3. The summed E-state index contributed by atoms with van der Waals surface area (Å²) in [4.78, 5) is 3.71. The van der Waals surface area contributed by atoms with Crippen LogP contribution in [0.3, 0.4) is 0 Å². The van der Waals surface area contributed by atoms with Crippen molar-refractivity contribution in [3.05, 3.63) is 59.4 Å². The van der Waals surface area contributed by atoms with E-state index in [0.717, 1.165) is 0 Å². The predicted molar refractivity (Wildman–Crippen MR) is 86.3 cm³/mol. The molecule has 1 aromatic heterocycles. The van der Waals surface area contributed by atoms with Gasteiger partial charge < -0.3 is 9.30 Å². The van der Waals surface area contributed by atoms with Gasteiger partial charge in [-0.3, -0.25) is 0 Å². The van der Waals surface area contributed by atoms with E-state index in [2.05, 4.69) is 4.98 Å². The van der Waals surface area contributed by atoms with Crippen molar-refractivity contribution >= 4 is 22.6 Å². The average Bonchev–Trinajstić information content (AvgIpc) is 2.92. The zero-order valence-corrected chi connectivity index (χ0v) is 13.3. The lowest BCUT2D eigenvalue weighted by Crippen LogP contribution is -2.16. The summed E-state index contributed by atoms with van der Waals surface area (Å²) in [5.41, 5.74) is 0.791. The Morgan fingerprint density at radius 3 is 2.50 bits per heavy atom. The van der Waals surface area contributed by atoms with Crippen LogP contribution in [0.15, 0.2) is 48.5 Å². The molecule has 0 aliphatic rings. The van der Waals surface area contributed by atoms with Crippen molar-refractivity contribution < 1.29 is 17.9 Å². The largest absolute Gasteiger partial charge is 0.492 e. The first-order chi connectivity index (χ1) is 11.5. The Kier molecular flexibility index (Phi) is 4.66. The minimum Gasteiger partial charge on any atom is -0.492 e. The van der Waals surface area contributed by atoms with E-state index in [1.807, 2.05) is 0 Å². The highest BCUT2D eigenvalue weighted by molar-refractivity contribution is 6.32. The molecular weight excluding hydrogens is 341 g/mol. The number of halogens is 4. The van der Waals surface area contributed by atoms with Crippen LogP contribution in [0.1, 0.15) is 12.2 Å². The van der Waals surface area contributed by atoms with Gasteiger partial charge in [0.2, 0.25) is 5.82 Å². The number of fused-ring (bicyclic) bond motifs is 1. The zero-order chi connectivity index (χ0) is 17.2. The standard InChI is InChI=1S/C17H14ClF3N2O/c18-12-6-1-4-9-15(12)24-11-5-10-23-14-8-3-2-7-13(14)22-16(23)17(19,20)21/h1-4,6-9H,5,10-11H2. The van der Waals surface area contributed by atoms with E-state index in [-0.39, 0.29) is 13.2 Å². The van der Waals surface area contributed by atoms with Crippen molar-refractivity contribution in [2.24, 2.45) is 0 Å². The Labute approximate surface area is 141 Å². The second kappa shape index (κ2) is 6.73. The van der Waals surface area contributed by atoms with Crippen molar-refractivity contribution in [3.8, 4) is 5.75 Å². The molecule has 1 heterocycles. The summed E-state index contributed by atoms with van der Waals surface area (Å²) in [5, 5.41) is 0.474. The quantitative estimate of drug-likeness (QED) is 0.590. The smallest absolute Gasteiger partial charge is 0.449 e. The molecule has 0 saturated heterocycles. The summed E-state index contributed by atoms with van der Waals surface area (Å²) in [6.45, 7) is 0.410. The highest BCUT2D eigenvalue weighted by atomic mass is 35.5. The van der Waals surface area contributed by atoms with E-state index in [0.29, 0.717) is 28.2 Å². The molecule has 0 atom stereocenters. The van der Waals surface area contributed by atoms with Crippen LogP contribution >= 0.6 is 11.6 Å². The molecule has 0 radical (unpaired) electrons. The number of rotatable bonds is 5. The summed E-state index contributed by atoms with van der Waals surface area (Å²) >= 11 is 5.98. The van der Waals surface area contributed by atoms with Crippen molar-refractivity contribution in [1.82, 2.24) is 9.55 Å². The van der Waals surface area contributed by atoms with Crippen LogP contribution in [0, 0.1) is 0 Å². The van der Waals surface area contributed by atoms with Gasteiger partial charge >= 0.3 is 6.18 Å². The maximum absolute atomic E-state index is 13.2. The van der Waals surface area contributed by atoms with E-state index >= 15 is 0 Å². The molecule has 0 amide bonds. The SMILES string of the molecule is FC(F)(F)c1nc2ccccc2n1CCCOc1ccccc1Cl. The molecule has 0 bridgehead atoms. The summed E-state index contributed by atoms with van der Waals surface area (Å²) in [6, 6.07) is 13.5. The third kappa shape index (κ3) is 3.48. The van der Waals surface area contributed by atoms with E-state index in [4.69, 9.17) is 16.3 Å². The van der Waals surface area contributed by atoms with Gasteiger partial charge in [0.05, 0.1) is 22.7 Å². The van der Waals surface area contributed by atoms with E-state index < -0.39 is 12.0 Å². The second-order valence-electron chi connectivity index (χ2n) is 5.21. The number of ether oxygens (including phenoxy) is 1. The van der Waals surface area contributed by atoms with Crippen LogP contribution in [0.5, 0.6) is 5.75 Å². The normalized spacial score (nSPS) is 11.8. The Bertz CT molecular complexity index is 845. The highest BCUT2D eigenvalue weighted by Gasteiger charge is 2.37. The van der Waals surface area contributed by atoms with Gasteiger partial charge in [0.25, 0.3) is 0 Å². The van der Waals surface area contributed by atoms with Crippen LogP contribution in [0.25, 0.3) is 11.0 Å². The molecule has 0 fully saturated rings. The van der Waals surface area contributed by atoms with E-state index in [9.17, 15) is 13.2 Å². The van der Waals surface area contributed by atoms with E-state index in [1.165, 1.54) is 4.57 Å². The molecule has 126 valence electrons. The van der Waals surface area contributed by atoms with Crippen molar-refractivity contribution in [1.29, 1.82) is 0 Å². The Morgan fingerprint density at radius 1 is 1.04 bits per heavy atom. The number of hydrogen-bond acceptors (Lipinski definition) is 2. The minimum atomic E-state index is -4.50. The first kappa shape index (κ1) is 16.6. The average molecular weight is 355 g/mol. The van der Waals surface area contributed by atoms with Gasteiger partial charge in [-0.2, -0.15) is 13.2 Å². The van der Waals surface area contributed by atoms with Crippen LogP contribution in [-0.4, -0.2) is 16.2 Å². The number of aromatic nitrogens is 2. The number of para-hydroxylation sites is 3. The lowest BCUT2D eigenvalue weighted by atomic mass is 10.3. The molecule has 2 aromatic carbocycles. The molecule has 0 N–H and O–H groups in total. The Hall–Kier alpha value is -2.21. The maximum Gasteiger partial charge on any atom is 0.449 e. The summed E-state index contributed by atoms with van der Waals surface area (Å²) in [5.74, 6) is -0.368. The Balaban J connectivity index is 1.74. The number of aryl methyl sites for hydroxylation is 1. The summed E-state index contributed by atoms with van der Waals surface area (Å²) in [7, 11) is 0. The third-order valence-corrected chi connectivity index (χ3v) is 3.84. The third-order valence-electron chi connectivity index (χ3n) is 3.53. The van der Waals surface area contributed by atoms with Crippen molar-refractivity contribution in [2.45, 2.75) is 19.1 Å². The molecule has 3 nitrogen and oxygen atoms in total. The topological polar surface area (TPSA) is 27.1 Å². The van der Waals surface area contributed by atoms with Crippen LogP contribution in [0.4, 0.5) is 13.2 Å². The first-order valence-corrected chi connectivity index (χ1v) is 7.74. The molecule has 0 aliphatic heterocycles. The fourth-order valence-electron chi connectivity index (χ4n) is 2.48. The Morgan fingerprint density at radius 2 is 1.75 bits per heavy atom. The van der Waals surface area contributed by atoms with Gasteiger partial charge in [-0.1, -0.05) is 35.9 Å². The molecule has 3 rings (SSSR count). The van der Waals surface area contributed by atoms with Crippen LogP contribution in [-0.2, 0) is 12.7 Å². The molecule has 0 unspecified atom stereocenters. The molecule has 0 aliphatic carbocycles. The zero-order valence-electron chi connectivity index (χ0n) is 12.6. The first-order valence-electron chi connectivity index (χ1n) is 7.36. The fourth-order valence-corrected chi connectivity index (χ4v) is 2.68. The van der Waals surface area contributed by atoms with Gasteiger partial charge in [-0.05, 0) is 30.7 Å². The second-order valence-corrected chi connectivity index (χ2v) is 5.61. The van der Waals surface area contributed by atoms with Crippen LogP contribution < -0.4 is 4.74 Å². The molecule has 3 aromatic rings. The number of nitrogens with zero attached hydrogens (tertiary/aromatic N) is 2. The van der Waals surface area contributed by atoms with Crippen molar-refractivity contribution in [2.75, 3.05) is 6.61 Å². The molecule has 7 heteroatoms. The minimum absolute atomic E-state index is 0.153. The highest BCUT2D eigenvalue weighted by Crippen LogP contribution is 2.31. The number of hydrogen-bond donors (Lipinski definition) is 0. The van der Waals surface area contributed by atoms with Gasteiger partial charge in [-0.25, -0.2) is 4.98 Å². The van der Waals surface area contributed by atoms with Gasteiger partial charge in [0.15, 0.2) is 0 Å². The molecule has 0 saturated carbocycles. The lowest BCUT2D eigenvalue weighted by Gasteiger charge is -2.12. The summed E-state index contributed by atoms with van der Waals surface area (Å²) in [6.07, 6.45) is -4.10. The predicted octanol–water partition coefficient (Wildman–Crippen LogP) is 5.18. The maximum atomic E-state index is 13.2. The van der Waals surface area contributed by atoms with Gasteiger partial charge in [0.1, 0.15) is 5.75 Å².